The van der Waals surface area contributed by atoms with Crippen LogP contribution in [0.4, 0.5) is 0 Å². The molecule has 5 nitrogen and oxygen atoms in total. The number of methoxy groups -OCH3 is 2. The van der Waals surface area contributed by atoms with Crippen LogP contribution in [0.3, 0.4) is 0 Å². The van der Waals surface area contributed by atoms with E-state index in [0.717, 1.165) is 0 Å². The van der Waals surface area contributed by atoms with Gasteiger partial charge in [-0.1, -0.05) is 0 Å². The molecule has 0 aliphatic heterocycles. The third-order valence-electron chi connectivity index (χ3n) is 2.46. The minimum absolute atomic E-state index is 0.131. The molecule has 2 aromatic rings. The van der Waals surface area contributed by atoms with Crippen molar-refractivity contribution in [1.29, 1.82) is 0 Å². The lowest BCUT2D eigenvalue weighted by atomic mass is 10.2. The highest BCUT2D eigenvalue weighted by Gasteiger charge is 2.09. The summed E-state index contributed by atoms with van der Waals surface area (Å²) in [4.78, 5) is 11.6. The molecule has 84 valence electrons. The quantitative estimate of drug-likeness (QED) is 0.756. The van der Waals surface area contributed by atoms with Crippen LogP contribution in [0.15, 0.2) is 23.1 Å². The average Bonchev–Trinajstić information content (AvgIpc) is 2.32. The highest BCUT2D eigenvalue weighted by molar-refractivity contribution is 5.82. The summed E-state index contributed by atoms with van der Waals surface area (Å²) in [5.74, 6) is 1.12. The van der Waals surface area contributed by atoms with Gasteiger partial charge in [0.15, 0.2) is 11.5 Å². The van der Waals surface area contributed by atoms with Crippen LogP contribution in [0.5, 0.6) is 11.5 Å². The molecule has 5 heteroatoms. The number of benzene rings is 1. The normalized spacial score (nSPS) is 10.4. The summed E-state index contributed by atoms with van der Waals surface area (Å²) in [5, 5.41) is 4.51. The van der Waals surface area contributed by atoms with Crippen molar-refractivity contribution in [3.63, 3.8) is 0 Å². The first-order valence-corrected chi connectivity index (χ1v) is 4.75. The Morgan fingerprint density at radius 3 is 2.44 bits per heavy atom. The second-order valence-electron chi connectivity index (χ2n) is 3.36. The summed E-state index contributed by atoms with van der Waals surface area (Å²) in [7, 11) is 4.86. The van der Waals surface area contributed by atoms with Crippen molar-refractivity contribution in [2.75, 3.05) is 14.2 Å². The van der Waals surface area contributed by atoms with Gasteiger partial charge in [0, 0.05) is 13.1 Å². The zero-order valence-corrected chi connectivity index (χ0v) is 9.35. The van der Waals surface area contributed by atoms with Crippen LogP contribution >= 0.6 is 0 Å². The highest BCUT2D eigenvalue weighted by atomic mass is 16.5. The molecule has 1 aromatic carbocycles. The first-order valence-electron chi connectivity index (χ1n) is 4.75. The summed E-state index contributed by atoms with van der Waals surface area (Å²) in [6.45, 7) is 0. The average molecular weight is 220 g/mol. The predicted octanol–water partition coefficient (Wildman–Crippen LogP) is 0.951. The van der Waals surface area contributed by atoms with Gasteiger partial charge in [0.1, 0.15) is 0 Å². The molecule has 0 aliphatic carbocycles. The molecule has 0 saturated heterocycles. The first-order chi connectivity index (χ1) is 7.67. The summed E-state index contributed by atoms with van der Waals surface area (Å²) >= 11 is 0. The second kappa shape index (κ2) is 3.84. The molecular weight excluding hydrogens is 208 g/mol. The maximum Gasteiger partial charge on any atom is 0.208 e. The van der Waals surface area contributed by atoms with Crippen molar-refractivity contribution < 1.29 is 9.47 Å². The van der Waals surface area contributed by atoms with Gasteiger partial charge in [-0.3, -0.25) is 9.48 Å². The molecule has 2 rings (SSSR count). The number of hydrogen-bond acceptors (Lipinski definition) is 4. The monoisotopic (exact) mass is 220 g/mol. The Hall–Kier alpha value is -2.04. The van der Waals surface area contributed by atoms with Crippen molar-refractivity contribution >= 4 is 10.9 Å². The van der Waals surface area contributed by atoms with Crippen LogP contribution < -0.4 is 14.9 Å². The Bertz CT molecular complexity index is 590. The van der Waals surface area contributed by atoms with E-state index in [4.69, 9.17) is 9.47 Å². The number of ether oxygens (including phenoxy) is 2. The number of rotatable bonds is 2. The van der Waals surface area contributed by atoms with Gasteiger partial charge in [0.05, 0.1) is 31.3 Å². The first kappa shape index (κ1) is 10.5. The van der Waals surface area contributed by atoms with Crippen molar-refractivity contribution in [2.24, 2.45) is 7.05 Å². The number of aryl methyl sites for hydroxylation is 1. The molecule has 0 aliphatic rings. The Balaban J connectivity index is 2.88. The van der Waals surface area contributed by atoms with E-state index in [9.17, 15) is 4.79 Å². The molecule has 0 unspecified atom stereocenters. The maximum atomic E-state index is 11.6. The van der Waals surface area contributed by atoms with E-state index in [2.05, 4.69) is 5.10 Å². The number of hydrogen-bond donors (Lipinski definition) is 0. The Labute approximate surface area is 92.2 Å². The van der Waals surface area contributed by atoms with E-state index in [1.165, 1.54) is 13.3 Å². The van der Waals surface area contributed by atoms with Crippen LogP contribution in [0, 0.1) is 0 Å². The molecular formula is C11H12N2O3. The summed E-state index contributed by atoms with van der Waals surface area (Å²) in [5.41, 5.74) is 0.583. The number of fused-ring (bicyclic) bond motifs is 1. The second-order valence-corrected chi connectivity index (χ2v) is 3.36. The molecule has 1 heterocycles. The Morgan fingerprint density at radius 2 is 1.81 bits per heavy atom. The van der Waals surface area contributed by atoms with E-state index in [-0.39, 0.29) is 5.43 Å². The van der Waals surface area contributed by atoms with Gasteiger partial charge in [-0.15, -0.1) is 0 Å². The van der Waals surface area contributed by atoms with Crippen molar-refractivity contribution in [2.45, 2.75) is 0 Å². The topological polar surface area (TPSA) is 53.3 Å². The van der Waals surface area contributed by atoms with E-state index in [0.29, 0.717) is 22.4 Å². The van der Waals surface area contributed by atoms with Crippen molar-refractivity contribution in [3.05, 3.63) is 28.6 Å². The van der Waals surface area contributed by atoms with E-state index >= 15 is 0 Å². The van der Waals surface area contributed by atoms with Crippen LogP contribution in [-0.2, 0) is 7.05 Å². The number of nitrogens with zero attached hydrogens (tertiary/aromatic N) is 2. The van der Waals surface area contributed by atoms with Crippen molar-refractivity contribution in [3.8, 4) is 11.5 Å². The highest BCUT2D eigenvalue weighted by Crippen LogP contribution is 2.30. The number of aromatic nitrogens is 2. The van der Waals surface area contributed by atoms with Gasteiger partial charge < -0.3 is 9.47 Å². The lowest BCUT2D eigenvalue weighted by Gasteiger charge is -2.10. The van der Waals surface area contributed by atoms with E-state index < -0.39 is 0 Å². The van der Waals surface area contributed by atoms with E-state index in [1.807, 2.05) is 0 Å². The molecule has 0 bridgehead atoms. The SMILES string of the molecule is COc1cc2c(=O)cnn(C)c2cc1OC. The molecule has 0 spiro atoms. The third-order valence-corrected chi connectivity index (χ3v) is 2.46. The van der Waals surface area contributed by atoms with Gasteiger partial charge >= 0.3 is 0 Å². The Morgan fingerprint density at radius 1 is 1.19 bits per heavy atom. The lowest BCUT2D eigenvalue weighted by molar-refractivity contribution is 0.355. The zero-order valence-electron chi connectivity index (χ0n) is 9.35. The fourth-order valence-electron chi connectivity index (χ4n) is 1.60. The smallest absolute Gasteiger partial charge is 0.208 e. The van der Waals surface area contributed by atoms with Crippen LogP contribution in [0.25, 0.3) is 10.9 Å². The standard InChI is InChI=1S/C11H12N2O3/c1-13-8-5-11(16-3)10(15-2)4-7(8)9(14)6-12-13/h4-6H,1-3H3. The summed E-state index contributed by atoms with van der Waals surface area (Å²) in [6.07, 6.45) is 1.29. The fourth-order valence-corrected chi connectivity index (χ4v) is 1.60. The minimum Gasteiger partial charge on any atom is -0.493 e. The van der Waals surface area contributed by atoms with Gasteiger partial charge in [0.2, 0.25) is 5.43 Å². The molecule has 0 radical (unpaired) electrons. The molecule has 0 atom stereocenters. The van der Waals surface area contributed by atoms with Gasteiger partial charge in [0.25, 0.3) is 0 Å². The van der Waals surface area contributed by atoms with Gasteiger partial charge in [-0.05, 0) is 6.07 Å². The molecule has 16 heavy (non-hydrogen) atoms. The van der Waals surface area contributed by atoms with Gasteiger partial charge in [-0.2, -0.15) is 5.10 Å². The molecule has 0 fully saturated rings. The van der Waals surface area contributed by atoms with Crippen LogP contribution in [0.1, 0.15) is 0 Å². The van der Waals surface area contributed by atoms with Gasteiger partial charge in [-0.25, -0.2) is 0 Å². The van der Waals surface area contributed by atoms with Crippen LogP contribution in [0.2, 0.25) is 0 Å². The summed E-state index contributed by atoms with van der Waals surface area (Å²) < 4.78 is 11.9. The molecule has 0 amide bonds. The lowest BCUT2D eigenvalue weighted by Crippen LogP contribution is -2.09. The molecule has 1 aromatic heterocycles. The minimum atomic E-state index is -0.131. The maximum absolute atomic E-state index is 11.6. The van der Waals surface area contributed by atoms with Crippen molar-refractivity contribution in [1.82, 2.24) is 9.78 Å². The van der Waals surface area contributed by atoms with Crippen LogP contribution in [-0.4, -0.2) is 24.0 Å². The molecule has 0 N–H and O–H groups in total. The largest absolute Gasteiger partial charge is 0.493 e. The van der Waals surface area contributed by atoms with E-state index in [1.54, 1.807) is 31.0 Å². The zero-order chi connectivity index (χ0) is 11.7. The Kier molecular flexibility index (Phi) is 2.52. The predicted molar refractivity (Wildman–Crippen MR) is 60.1 cm³/mol. The summed E-state index contributed by atoms with van der Waals surface area (Å²) in [6, 6.07) is 3.40. The third kappa shape index (κ3) is 1.50. The molecule has 0 saturated carbocycles. The fraction of sp³-hybridized carbons (Fsp3) is 0.273.